The van der Waals surface area contributed by atoms with E-state index in [0.717, 1.165) is 16.3 Å². The lowest BCUT2D eigenvalue weighted by atomic mass is 10.2. The van der Waals surface area contributed by atoms with Crippen LogP contribution in [0, 0.1) is 0 Å². The highest BCUT2D eigenvalue weighted by Crippen LogP contribution is 2.22. The number of nitrogens with zero attached hydrogens (tertiary/aromatic N) is 2. The van der Waals surface area contributed by atoms with Crippen molar-refractivity contribution in [2.45, 2.75) is 19.4 Å². The third-order valence-corrected chi connectivity index (χ3v) is 2.89. The van der Waals surface area contributed by atoms with Crippen LogP contribution in [0.3, 0.4) is 0 Å². The first kappa shape index (κ1) is 14.2. The Morgan fingerprint density at radius 1 is 1.30 bits per heavy atom. The fraction of sp³-hybridized carbons (Fsp3) is 0.286. The SMILES string of the molecule is COc1ccc(Cn2cncc(C(C)(F)F)c2=O)cc1. The van der Waals surface area contributed by atoms with Crippen molar-refractivity contribution in [2.24, 2.45) is 0 Å². The summed E-state index contributed by atoms with van der Waals surface area (Å²) in [7, 11) is 1.55. The van der Waals surface area contributed by atoms with Crippen LogP contribution in [0.5, 0.6) is 5.75 Å². The molecule has 20 heavy (non-hydrogen) atoms. The first-order valence-electron chi connectivity index (χ1n) is 5.97. The summed E-state index contributed by atoms with van der Waals surface area (Å²) >= 11 is 0. The first-order chi connectivity index (χ1) is 9.41. The summed E-state index contributed by atoms with van der Waals surface area (Å²) in [6.07, 6.45) is 2.16. The van der Waals surface area contributed by atoms with Crippen LogP contribution in [0.1, 0.15) is 18.1 Å². The van der Waals surface area contributed by atoms with Gasteiger partial charge in [0.05, 0.1) is 20.0 Å². The number of rotatable bonds is 4. The van der Waals surface area contributed by atoms with Gasteiger partial charge in [0.1, 0.15) is 11.3 Å². The lowest BCUT2D eigenvalue weighted by Crippen LogP contribution is -2.29. The van der Waals surface area contributed by atoms with Gasteiger partial charge >= 0.3 is 0 Å². The van der Waals surface area contributed by atoms with Gasteiger partial charge in [-0.25, -0.2) is 13.8 Å². The van der Waals surface area contributed by atoms with Crippen molar-refractivity contribution in [1.29, 1.82) is 0 Å². The molecule has 0 unspecified atom stereocenters. The van der Waals surface area contributed by atoms with Crippen molar-refractivity contribution in [3.05, 3.63) is 58.3 Å². The third kappa shape index (κ3) is 3.01. The predicted octanol–water partition coefficient (Wildman–Crippen LogP) is 2.41. The summed E-state index contributed by atoms with van der Waals surface area (Å²) in [5.74, 6) is -2.51. The second kappa shape index (κ2) is 5.40. The van der Waals surface area contributed by atoms with Crippen molar-refractivity contribution in [3.8, 4) is 5.75 Å². The molecule has 0 fully saturated rings. The summed E-state index contributed by atoms with van der Waals surface area (Å²) in [5, 5.41) is 0. The molecule has 1 aromatic carbocycles. The van der Waals surface area contributed by atoms with E-state index in [4.69, 9.17) is 4.74 Å². The van der Waals surface area contributed by atoms with Crippen LogP contribution in [-0.2, 0) is 12.5 Å². The summed E-state index contributed by atoms with van der Waals surface area (Å²) < 4.78 is 32.7. The van der Waals surface area contributed by atoms with Gasteiger partial charge < -0.3 is 4.74 Å². The molecule has 0 aliphatic carbocycles. The summed E-state index contributed by atoms with van der Waals surface area (Å²) in [6.45, 7) is 0.864. The number of aromatic nitrogens is 2. The second-order valence-electron chi connectivity index (χ2n) is 4.48. The number of hydrogen-bond donors (Lipinski definition) is 0. The molecule has 2 rings (SSSR count). The normalized spacial score (nSPS) is 11.4. The van der Waals surface area contributed by atoms with Gasteiger partial charge in [0.25, 0.3) is 11.5 Å². The molecule has 1 aromatic heterocycles. The average molecular weight is 280 g/mol. The van der Waals surface area contributed by atoms with Crippen molar-refractivity contribution >= 4 is 0 Å². The van der Waals surface area contributed by atoms with E-state index in [9.17, 15) is 13.6 Å². The number of methoxy groups -OCH3 is 1. The second-order valence-corrected chi connectivity index (χ2v) is 4.48. The summed E-state index contributed by atoms with van der Waals surface area (Å²) in [6, 6.07) is 7.02. The Morgan fingerprint density at radius 3 is 2.50 bits per heavy atom. The minimum absolute atomic E-state index is 0.180. The van der Waals surface area contributed by atoms with E-state index < -0.39 is 17.0 Å². The van der Waals surface area contributed by atoms with Crippen LogP contribution in [0.25, 0.3) is 0 Å². The quantitative estimate of drug-likeness (QED) is 0.864. The zero-order valence-electron chi connectivity index (χ0n) is 11.1. The minimum atomic E-state index is -3.20. The van der Waals surface area contributed by atoms with Gasteiger partial charge in [-0.15, -0.1) is 0 Å². The van der Waals surface area contributed by atoms with E-state index in [1.807, 2.05) is 0 Å². The highest BCUT2D eigenvalue weighted by Gasteiger charge is 2.28. The minimum Gasteiger partial charge on any atom is -0.497 e. The van der Waals surface area contributed by atoms with E-state index in [0.29, 0.717) is 12.7 Å². The summed E-state index contributed by atoms with van der Waals surface area (Å²) in [4.78, 5) is 15.7. The molecular weight excluding hydrogens is 266 g/mol. The number of benzene rings is 1. The van der Waals surface area contributed by atoms with Crippen LogP contribution in [0.4, 0.5) is 8.78 Å². The predicted molar refractivity (Wildman–Crippen MR) is 70.2 cm³/mol. The Hall–Kier alpha value is -2.24. The average Bonchev–Trinajstić information content (AvgIpc) is 2.40. The van der Waals surface area contributed by atoms with Crippen LogP contribution in [-0.4, -0.2) is 16.7 Å². The molecule has 6 heteroatoms. The van der Waals surface area contributed by atoms with Crippen LogP contribution >= 0.6 is 0 Å². The zero-order chi connectivity index (χ0) is 14.8. The molecule has 0 saturated heterocycles. The fourth-order valence-electron chi connectivity index (χ4n) is 1.79. The molecule has 0 saturated carbocycles. The molecule has 0 bridgehead atoms. The van der Waals surface area contributed by atoms with Crippen molar-refractivity contribution in [1.82, 2.24) is 9.55 Å². The highest BCUT2D eigenvalue weighted by atomic mass is 19.3. The fourth-order valence-corrected chi connectivity index (χ4v) is 1.79. The largest absolute Gasteiger partial charge is 0.497 e. The van der Waals surface area contributed by atoms with Crippen molar-refractivity contribution in [3.63, 3.8) is 0 Å². The maximum Gasteiger partial charge on any atom is 0.277 e. The van der Waals surface area contributed by atoms with Gasteiger partial charge in [0, 0.05) is 13.1 Å². The monoisotopic (exact) mass is 280 g/mol. The Labute approximate surface area is 114 Å². The summed E-state index contributed by atoms with van der Waals surface area (Å²) in [5.41, 5.74) is -0.539. The Morgan fingerprint density at radius 2 is 1.95 bits per heavy atom. The van der Waals surface area contributed by atoms with Gasteiger partial charge in [0.15, 0.2) is 0 Å². The van der Waals surface area contributed by atoms with E-state index in [1.54, 1.807) is 31.4 Å². The molecule has 0 amide bonds. The van der Waals surface area contributed by atoms with Gasteiger partial charge in [-0.3, -0.25) is 9.36 Å². The number of ether oxygens (including phenoxy) is 1. The molecule has 0 spiro atoms. The third-order valence-electron chi connectivity index (χ3n) is 2.89. The van der Waals surface area contributed by atoms with Crippen LogP contribution < -0.4 is 10.3 Å². The smallest absolute Gasteiger partial charge is 0.277 e. The van der Waals surface area contributed by atoms with E-state index >= 15 is 0 Å². The van der Waals surface area contributed by atoms with Crippen LogP contribution in [0.2, 0.25) is 0 Å². The van der Waals surface area contributed by atoms with Gasteiger partial charge in [-0.2, -0.15) is 0 Å². The molecule has 0 atom stereocenters. The Balaban J connectivity index is 2.32. The van der Waals surface area contributed by atoms with E-state index in [1.165, 1.54) is 6.33 Å². The number of hydrogen-bond acceptors (Lipinski definition) is 3. The first-order valence-corrected chi connectivity index (χ1v) is 5.97. The lowest BCUT2D eigenvalue weighted by Gasteiger charge is -2.12. The molecule has 106 valence electrons. The zero-order valence-corrected chi connectivity index (χ0v) is 11.1. The van der Waals surface area contributed by atoms with Gasteiger partial charge in [-0.05, 0) is 17.7 Å². The Kier molecular flexibility index (Phi) is 3.83. The molecule has 0 radical (unpaired) electrons. The maximum absolute atomic E-state index is 13.3. The van der Waals surface area contributed by atoms with E-state index in [-0.39, 0.29) is 6.54 Å². The van der Waals surface area contributed by atoms with Gasteiger partial charge in [-0.1, -0.05) is 12.1 Å². The standard InChI is InChI=1S/C14H14F2N2O2/c1-14(15,16)12-7-17-9-18(13(12)19)8-10-3-5-11(20-2)6-4-10/h3-7,9H,8H2,1-2H3. The van der Waals surface area contributed by atoms with Crippen molar-refractivity contribution < 1.29 is 13.5 Å². The lowest BCUT2D eigenvalue weighted by molar-refractivity contribution is 0.0150. The van der Waals surface area contributed by atoms with E-state index in [2.05, 4.69) is 4.98 Å². The number of alkyl halides is 2. The maximum atomic E-state index is 13.3. The van der Waals surface area contributed by atoms with Crippen LogP contribution in [0.15, 0.2) is 41.6 Å². The number of halogens is 2. The molecule has 2 aromatic rings. The molecule has 4 nitrogen and oxygen atoms in total. The molecule has 0 aliphatic heterocycles. The van der Waals surface area contributed by atoms with Crippen molar-refractivity contribution in [2.75, 3.05) is 7.11 Å². The molecule has 1 heterocycles. The molecule has 0 aliphatic rings. The highest BCUT2D eigenvalue weighted by molar-refractivity contribution is 5.27. The molecule has 0 N–H and O–H groups in total. The molecular formula is C14H14F2N2O2. The van der Waals surface area contributed by atoms with Gasteiger partial charge in [0.2, 0.25) is 0 Å². The topological polar surface area (TPSA) is 44.1 Å². The Bertz CT molecular complexity index is 645.